The van der Waals surface area contributed by atoms with Crippen molar-refractivity contribution in [1.29, 1.82) is 0 Å². The summed E-state index contributed by atoms with van der Waals surface area (Å²) >= 11 is 0. The van der Waals surface area contributed by atoms with Crippen LogP contribution in [0.25, 0.3) is 0 Å². The third-order valence-corrected chi connectivity index (χ3v) is 4.70. The maximum Gasteiger partial charge on any atom is 0.408 e. The molecule has 0 fully saturated rings. The van der Waals surface area contributed by atoms with Gasteiger partial charge in [-0.3, -0.25) is 4.79 Å². The summed E-state index contributed by atoms with van der Waals surface area (Å²) in [4.78, 5) is 25.5. The minimum atomic E-state index is -1.05. The van der Waals surface area contributed by atoms with Gasteiger partial charge in [-0.1, -0.05) is 48.5 Å². The van der Waals surface area contributed by atoms with Gasteiger partial charge in [0.15, 0.2) is 0 Å². The lowest BCUT2D eigenvalue weighted by atomic mass is 10.2. The smallest absolute Gasteiger partial charge is 0.408 e. The Balaban J connectivity index is 1.74. The topological polar surface area (TPSA) is 88.7 Å². The predicted octanol–water partition coefficient (Wildman–Crippen LogP) is 5.62. The van der Waals surface area contributed by atoms with E-state index in [1.807, 2.05) is 60.7 Å². The van der Waals surface area contributed by atoms with Crippen molar-refractivity contribution in [2.24, 2.45) is 0 Å². The Morgan fingerprint density at radius 1 is 0.914 bits per heavy atom. The molecular weight excluding hydrogens is 449 g/mol. The number of ether oxygens (including phenoxy) is 2. The fraction of sp³-hybridized carbons (Fsp3) is 0.259. The van der Waals surface area contributed by atoms with E-state index in [0.29, 0.717) is 11.4 Å². The average molecular weight is 480 g/mol. The van der Waals surface area contributed by atoms with Crippen LogP contribution < -0.4 is 16.0 Å². The molecule has 3 N–H and O–H groups in total. The third kappa shape index (κ3) is 8.75. The molecule has 2 amide bonds. The van der Waals surface area contributed by atoms with Gasteiger partial charge in [0.05, 0.1) is 24.6 Å². The van der Waals surface area contributed by atoms with E-state index in [-0.39, 0.29) is 13.2 Å². The molecule has 0 radical (unpaired) electrons. The van der Waals surface area contributed by atoms with Crippen molar-refractivity contribution in [2.45, 2.75) is 39.0 Å². The van der Waals surface area contributed by atoms with Crippen LogP contribution in [-0.4, -0.2) is 30.3 Å². The van der Waals surface area contributed by atoms with Gasteiger partial charge in [0, 0.05) is 5.69 Å². The molecule has 0 heterocycles. The molecule has 0 saturated carbocycles. The first kappa shape index (κ1) is 25.7. The van der Waals surface area contributed by atoms with Crippen molar-refractivity contribution < 1.29 is 23.5 Å². The Kier molecular flexibility index (Phi) is 8.80. The number of para-hydroxylation sites is 1. The van der Waals surface area contributed by atoms with E-state index in [9.17, 15) is 14.0 Å². The molecular formula is C27H30FN3O4. The molecule has 7 nitrogen and oxygen atoms in total. The van der Waals surface area contributed by atoms with Gasteiger partial charge in [-0.25, -0.2) is 9.18 Å². The van der Waals surface area contributed by atoms with Crippen molar-refractivity contribution in [3.8, 4) is 0 Å². The molecule has 184 valence electrons. The zero-order valence-corrected chi connectivity index (χ0v) is 20.0. The summed E-state index contributed by atoms with van der Waals surface area (Å²) < 4.78 is 25.0. The molecule has 8 heteroatoms. The normalized spacial score (nSPS) is 11.9. The number of alkyl carbamates (subject to hydrolysis) is 1. The summed E-state index contributed by atoms with van der Waals surface area (Å²) in [5, 5.41) is 8.42. The van der Waals surface area contributed by atoms with Crippen LogP contribution in [0.4, 0.5) is 26.2 Å². The van der Waals surface area contributed by atoms with E-state index in [1.165, 1.54) is 18.2 Å². The van der Waals surface area contributed by atoms with Crippen molar-refractivity contribution >= 4 is 29.1 Å². The number of anilines is 3. The van der Waals surface area contributed by atoms with Crippen LogP contribution in [-0.2, 0) is 20.9 Å². The van der Waals surface area contributed by atoms with Crippen LogP contribution in [0, 0.1) is 5.82 Å². The van der Waals surface area contributed by atoms with Crippen LogP contribution in [0.5, 0.6) is 0 Å². The second-order valence-electron chi connectivity index (χ2n) is 8.87. The lowest BCUT2D eigenvalue weighted by Gasteiger charge is -2.24. The van der Waals surface area contributed by atoms with Gasteiger partial charge in [0.2, 0.25) is 5.91 Å². The Hall–Kier alpha value is -3.91. The van der Waals surface area contributed by atoms with Crippen LogP contribution in [0.15, 0.2) is 78.9 Å². The highest BCUT2D eigenvalue weighted by Crippen LogP contribution is 2.26. The molecule has 0 aliphatic carbocycles. The summed E-state index contributed by atoms with van der Waals surface area (Å²) in [7, 11) is 0. The molecule has 0 bridgehead atoms. The van der Waals surface area contributed by atoms with Gasteiger partial charge in [-0.2, -0.15) is 0 Å². The Bertz CT molecular complexity index is 1120. The van der Waals surface area contributed by atoms with Crippen LogP contribution >= 0.6 is 0 Å². The standard InChI is InChI=1S/C27H30FN3O4/c1-27(2,3)35-26(33)31-24(18-34-17-19-10-6-4-7-11-19)25(32)30-22-15-14-20(28)16-23(22)29-21-12-8-5-9-13-21/h4-16,24,29H,17-18H2,1-3H3,(H,30,32)(H,31,33). The molecule has 3 aromatic carbocycles. The second kappa shape index (κ2) is 12.0. The molecule has 0 saturated heterocycles. The molecule has 0 aliphatic heterocycles. The van der Waals surface area contributed by atoms with Gasteiger partial charge in [-0.05, 0) is 56.7 Å². The van der Waals surface area contributed by atoms with E-state index < -0.39 is 29.5 Å². The molecule has 0 aliphatic rings. The van der Waals surface area contributed by atoms with Crippen molar-refractivity contribution in [2.75, 3.05) is 17.2 Å². The zero-order chi connectivity index (χ0) is 25.3. The van der Waals surface area contributed by atoms with E-state index in [2.05, 4.69) is 16.0 Å². The minimum Gasteiger partial charge on any atom is -0.444 e. The van der Waals surface area contributed by atoms with Crippen molar-refractivity contribution in [3.63, 3.8) is 0 Å². The van der Waals surface area contributed by atoms with Gasteiger partial charge >= 0.3 is 6.09 Å². The highest BCUT2D eigenvalue weighted by molar-refractivity contribution is 5.99. The number of benzene rings is 3. The summed E-state index contributed by atoms with van der Waals surface area (Å²) in [6, 6.07) is 21.6. The van der Waals surface area contributed by atoms with Gasteiger partial charge in [0.1, 0.15) is 17.5 Å². The number of halogens is 1. The molecule has 0 aromatic heterocycles. The maximum absolute atomic E-state index is 14.0. The monoisotopic (exact) mass is 479 g/mol. The largest absolute Gasteiger partial charge is 0.444 e. The Morgan fingerprint density at radius 3 is 2.23 bits per heavy atom. The zero-order valence-electron chi connectivity index (χ0n) is 20.0. The van der Waals surface area contributed by atoms with E-state index in [1.54, 1.807) is 20.8 Å². The van der Waals surface area contributed by atoms with Gasteiger partial charge in [-0.15, -0.1) is 0 Å². The second-order valence-corrected chi connectivity index (χ2v) is 8.87. The number of amides is 2. The molecule has 1 atom stereocenters. The highest BCUT2D eigenvalue weighted by atomic mass is 19.1. The number of hydrogen-bond acceptors (Lipinski definition) is 5. The van der Waals surface area contributed by atoms with Crippen LogP contribution in [0.3, 0.4) is 0 Å². The van der Waals surface area contributed by atoms with Crippen molar-refractivity contribution in [1.82, 2.24) is 5.32 Å². The van der Waals surface area contributed by atoms with E-state index in [0.717, 1.165) is 11.3 Å². The van der Waals surface area contributed by atoms with Crippen LogP contribution in [0.1, 0.15) is 26.3 Å². The van der Waals surface area contributed by atoms with Crippen LogP contribution in [0.2, 0.25) is 0 Å². The first-order chi connectivity index (χ1) is 16.7. The third-order valence-electron chi connectivity index (χ3n) is 4.70. The predicted molar refractivity (Wildman–Crippen MR) is 134 cm³/mol. The van der Waals surface area contributed by atoms with Gasteiger partial charge < -0.3 is 25.4 Å². The SMILES string of the molecule is CC(C)(C)OC(=O)NC(COCc1ccccc1)C(=O)Nc1ccc(F)cc1Nc1ccccc1. The Morgan fingerprint density at radius 2 is 1.57 bits per heavy atom. The minimum absolute atomic E-state index is 0.0946. The lowest BCUT2D eigenvalue weighted by Crippen LogP contribution is -2.48. The van der Waals surface area contributed by atoms with Crippen molar-refractivity contribution in [3.05, 3.63) is 90.2 Å². The number of hydrogen-bond donors (Lipinski definition) is 3. The molecule has 1 unspecified atom stereocenters. The summed E-state index contributed by atoms with van der Waals surface area (Å²) in [6.07, 6.45) is -0.747. The number of carbonyl (C=O) groups excluding carboxylic acids is 2. The van der Waals surface area contributed by atoms with E-state index in [4.69, 9.17) is 9.47 Å². The highest BCUT2D eigenvalue weighted by Gasteiger charge is 2.25. The molecule has 0 spiro atoms. The first-order valence-electron chi connectivity index (χ1n) is 11.2. The summed E-state index contributed by atoms with van der Waals surface area (Å²) in [6.45, 7) is 5.36. The first-order valence-corrected chi connectivity index (χ1v) is 11.2. The lowest BCUT2D eigenvalue weighted by molar-refractivity contribution is -0.119. The number of carbonyl (C=O) groups is 2. The molecule has 3 aromatic rings. The average Bonchev–Trinajstić information content (AvgIpc) is 2.80. The fourth-order valence-electron chi connectivity index (χ4n) is 3.13. The summed E-state index contributed by atoms with van der Waals surface area (Å²) in [5.41, 5.74) is 1.63. The van der Waals surface area contributed by atoms with Gasteiger partial charge in [0.25, 0.3) is 0 Å². The van der Waals surface area contributed by atoms with E-state index >= 15 is 0 Å². The Labute approximate surface area is 204 Å². The number of rotatable bonds is 9. The maximum atomic E-state index is 14.0. The quantitative estimate of drug-likeness (QED) is 0.371. The molecule has 35 heavy (non-hydrogen) atoms. The summed E-state index contributed by atoms with van der Waals surface area (Å²) in [5.74, 6) is -0.998. The molecule has 3 rings (SSSR count). The fourth-order valence-corrected chi connectivity index (χ4v) is 3.13. The number of nitrogens with one attached hydrogen (secondary N) is 3.